The van der Waals surface area contributed by atoms with Crippen molar-refractivity contribution in [1.82, 2.24) is 4.98 Å². The summed E-state index contributed by atoms with van der Waals surface area (Å²) in [7, 11) is 0. The van der Waals surface area contributed by atoms with Crippen molar-refractivity contribution >= 4 is 38.8 Å². The Balaban J connectivity index is 1.95. The minimum atomic E-state index is 0.569. The molecule has 0 bridgehead atoms. The summed E-state index contributed by atoms with van der Waals surface area (Å²) in [6, 6.07) is 4.55. The second-order valence-corrected chi connectivity index (χ2v) is 5.83. The van der Waals surface area contributed by atoms with Crippen LogP contribution >= 0.6 is 22.9 Å². The molecule has 1 fully saturated rings. The molecule has 16 heavy (non-hydrogen) atoms. The molecule has 84 valence electrons. The van der Waals surface area contributed by atoms with Crippen LogP contribution in [0.1, 0.15) is 19.8 Å². The molecule has 0 spiro atoms. The third kappa shape index (κ3) is 1.68. The summed E-state index contributed by atoms with van der Waals surface area (Å²) >= 11 is 7.88. The van der Waals surface area contributed by atoms with Gasteiger partial charge in [-0.2, -0.15) is 0 Å². The van der Waals surface area contributed by atoms with Crippen LogP contribution in [-0.4, -0.2) is 11.0 Å². The summed E-state index contributed by atoms with van der Waals surface area (Å²) in [6.45, 7) is 2.28. The number of fused-ring (bicyclic) bond motifs is 1. The molecule has 1 N–H and O–H groups in total. The molecule has 0 radical (unpaired) electrons. The van der Waals surface area contributed by atoms with Crippen LogP contribution in [-0.2, 0) is 0 Å². The van der Waals surface area contributed by atoms with Gasteiger partial charge in [0.25, 0.3) is 0 Å². The number of anilines is 1. The molecule has 0 atom stereocenters. The normalized spacial score (nSPS) is 24.4. The lowest BCUT2D eigenvalue weighted by molar-refractivity contribution is 0.309. The Labute approximate surface area is 104 Å². The van der Waals surface area contributed by atoms with Crippen LogP contribution in [0.15, 0.2) is 17.6 Å². The number of rotatable bonds is 2. The summed E-state index contributed by atoms with van der Waals surface area (Å²) < 4.78 is 1.19. The maximum atomic E-state index is 6.22. The van der Waals surface area contributed by atoms with Gasteiger partial charge in [0.05, 0.1) is 20.9 Å². The molecule has 1 aromatic carbocycles. The smallest absolute Gasteiger partial charge is 0.106 e. The largest absolute Gasteiger partial charge is 0.379 e. The quantitative estimate of drug-likeness (QED) is 0.868. The summed E-state index contributed by atoms with van der Waals surface area (Å²) in [4.78, 5) is 4.38. The van der Waals surface area contributed by atoms with Gasteiger partial charge in [0, 0.05) is 6.04 Å². The van der Waals surface area contributed by atoms with E-state index in [0.717, 1.165) is 22.1 Å². The maximum absolute atomic E-state index is 6.22. The molecule has 1 aliphatic carbocycles. The summed E-state index contributed by atoms with van der Waals surface area (Å²) in [5, 5.41) is 4.29. The van der Waals surface area contributed by atoms with Gasteiger partial charge in [-0.05, 0) is 30.9 Å². The first-order valence-electron chi connectivity index (χ1n) is 5.52. The molecule has 0 unspecified atom stereocenters. The first-order chi connectivity index (χ1) is 7.74. The van der Waals surface area contributed by atoms with Gasteiger partial charge >= 0.3 is 0 Å². The summed E-state index contributed by atoms with van der Waals surface area (Å²) in [5.74, 6) is 0.839. The van der Waals surface area contributed by atoms with E-state index in [4.69, 9.17) is 11.6 Å². The van der Waals surface area contributed by atoms with Gasteiger partial charge in [-0.3, -0.25) is 0 Å². The van der Waals surface area contributed by atoms with Crippen LogP contribution in [0.2, 0.25) is 5.02 Å². The zero-order valence-corrected chi connectivity index (χ0v) is 10.6. The number of aromatic nitrogens is 1. The van der Waals surface area contributed by atoms with Crippen molar-refractivity contribution in [3.63, 3.8) is 0 Å². The number of halogens is 1. The van der Waals surface area contributed by atoms with Gasteiger partial charge < -0.3 is 5.32 Å². The van der Waals surface area contributed by atoms with Crippen LogP contribution in [0, 0.1) is 5.92 Å². The molecule has 1 aliphatic rings. The molecular formula is C12H13ClN2S. The first kappa shape index (κ1) is 10.4. The summed E-state index contributed by atoms with van der Waals surface area (Å²) in [5.41, 5.74) is 3.89. The van der Waals surface area contributed by atoms with E-state index in [9.17, 15) is 0 Å². The van der Waals surface area contributed by atoms with Crippen molar-refractivity contribution in [2.24, 2.45) is 5.92 Å². The molecule has 3 rings (SSSR count). The van der Waals surface area contributed by atoms with Gasteiger partial charge in [-0.1, -0.05) is 18.5 Å². The Morgan fingerprint density at radius 2 is 2.25 bits per heavy atom. The number of nitrogens with one attached hydrogen (secondary N) is 1. The Hall–Kier alpha value is -0.800. The van der Waals surface area contributed by atoms with E-state index in [1.165, 1.54) is 17.5 Å². The first-order valence-corrected chi connectivity index (χ1v) is 6.78. The fourth-order valence-electron chi connectivity index (χ4n) is 2.27. The topological polar surface area (TPSA) is 24.9 Å². The molecule has 2 aromatic rings. The Morgan fingerprint density at radius 1 is 1.44 bits per heavy atom. The molecule has 0 saturated heterocycles. The minimum Gasteiger partial charge on any atom is -0.379 e. The number of hydrogen-bond donors (Lipinski definition) is 1. The lowest BCUT2D eigenvalue weighted by Gasteiger charge is -2.34. The van der Waals surface area contributed by atoms with Crippen molar-refractivity contribution in [2.75, 3.05) is 5.32 Å². The molecule has 0 amide bonds. The Kier molecular flexibility index (Phi) is 2.52. The van der Waals surface area contributed by atoms with Crippen molar-refractivity contribution in [2.45, 2.75) is 25.8 Å². The number of thiazole rings is 1. The highest BCUT2D eigenvalue weighted by molar-refractivity contribution is 7.16. The van der Waals surface area contributed by atoms with Gasteiger partial charge in [-0.25, -0.2) is 4.98 Å². The molecule has 2 nitrogen and oxygen atoms in total. The monoisotopic (exact) mass is 252 g/mol. The highest BCUT2D eigenvalue weighted by atomic mass is 35.5. The van der Waals surface area contributed by atoms with Crippen LogP contribution in [0.3, 0.4) is 0 Å². The van der Waals surface area contributed by atoms with Crippen LogP contribution in [0.5, 0.6) is 0 Å². The van der Waals surface area contributed by atoms with Crippen molar-refractivity contribution < 1.29 is 0 Å². The number of benzene rings is 1. The zero-order valence-electron chi connectivity index (χ0n) is 9.03. The van der Waals surface area contributed by atoms with E-state index in [1.807, 2.05) is 17.6 Å². The molecule has 1 heterocycles. The number of nitrogens with zero attached hydrogens (tertiary/aromatic N) is 1. The Morgan fingerprint density at radius 3 is 3.00 bits per heavy atom. The predicted octanol–water partition coefficient (Wildman–Crippen LogP) is 4.16. The molecule has 0 aliphatic heterocycles. The fourth-order valence-corrected chi connectivity index (χ4v) is 3.16. The highest BCUT2D eigenvalue weighted by Gasteiger charge is 2.26. The van der Waals surface area contributed by atoms with E-state index >= 15 is 0 Å². The fraction of sp³-hybridized carbons (Fsp3) is 0.417. The standard InChI is InChI=1S/C12H13ClN2S/c1-7-4-8(5-7)15-11-9(13)2-3-10-12(11)14-6-16-10/h2-3,6-8,15H,4-5H2,1H3. The lowest BCUT2D eigenvalue weighted by Crippen LogP contribution is -2.33. The van der Waals surface area contributed by atoms with Crippen molar-refractivity contribution in [3.05, 3.63) is 22.7 Å². The van der Waals surface area contributed by atoms with Gasteiger partial charge in [-0.15, -0.1) is 11.3 Å². The average Bonchev–Trinajstić information content (AvgIpc) is 2.67. The van der Waals surface area contributed by atoms with Gasteiger partial charge in [0.1, 0.15) is 5.52 Å². The van der Waals surface area contributed by atoms with Crippen LogP contribution in [0.25, 0.3) is 10.2 Å². The van der Waals surface area contributed by atoms with Crippen LogP contribution in [0.4, 0.5) is 5.69 Å². The number of hydrogen-bond acceptors (Lipinski definition) is 3. The molecular weight excluding hydrogens is 240 g/mol. The third-order valence-electron chi connectivity index (χ3n) is 3.17. The Bertz CT molecular complexity index is 517. The second-order valence-electron chi connectivity index (χ2n) is 4.54. The van der Waals surface area contributed by atoms with E-state index in [-0.39, 0.29) is 0 Å². The predicted molar refractivity (Wildman–Crippen MR) is 70.4 cm³/mol. The van der Waals surface area contributed by atoms with E-state index in [2.05, 4.69) is 17.2 Å². The molecule has 4 heteroatoms. The van der Waals surface area contributed by atoms with Gasteiger partial charge in [0.15, 0.2) is 0 Å². The van der Waals surface area contributed by atoms with E-state index in [0.29, 0.717) is 6.04 Å². The van der Waals surface area contributed by atoms with Crippen molar-refractivity contribution in [3.8, 4) is 0 Å². The summed E-state index contributed by atoms with van der Waals surface area (Å²) in [6.07, 6.45) is 2.47. The van der Waals surface area contributed by atoms with E-state index < -0.39 is 0 Å². The lowest BCUT2D eigenvalue weighted by atomic mass is 9.82. The third-order valence-corrected chi connectivity index (χ3v) is 4.28. The maximum Gasteiger partial charge on any atom is 0.106 e. The van der Waals surface area contributed by atoms with Crippen LogP contribution < -0.4 is 5.32 Å². The average molecular weight is 253 g/mol. The van der Waals surface area contributed by atoms with Gasteiger partial charge in [0.2, 0.25) is 0 Å². The SMILES string of the molecule is CC1CC(Nc2c(Cl)ccc3scnc23)C1. The minimum absolute atomic E-state index is 0.569. The molecule has 1 aromatic heterocycles. The zero-order chi connectivity index (χ0) is 11.1. The second kappa shape index (κ2) is 3.90. The van der Waals surface area contributed by atoms with Crippen molar-refractivity contribution in [1.29, 1.82) is 0 Å². The highest BCUT2D eigenvalue weighted by Crippen LogP contribution is 2.36. The molecule has 1 saturated carbocycles. The van der Waals surface area contributed by atoms with E-state index in [1.54, 1.807) is 11.3 Å².